The standard InChI is InChI=1S/C13H29NP2/c1-5-15(6-2)11-9-14-10-12-16(7-3,8-4)13(14)15/h13H,5-12H2,1-4H3/q+2. The Kier molecular flexibility index (Phi) is 4.00. The fraction of sp³-hybridized carbons (Fsp3) is 1.00. The Morgan fingerprint density at radius 2 is 1.19 bits per heavy atom. The van der Waals surface area contributed by atoms with E-state index in [0.717, 1.165) is 5.52 Å². The molecule has 2 aliphatic heterocycles. The molecule has 0 unspecified atom stereocenters. The van der Waals surface area contributed by atoms with Crippen molar-refractivity contribution in [2.24, 2.45) is 0 Å². The molecule has 2 saturated heterocycles. The van der Waals surface area contributed by atoms with Gasteiger partial charge in [-0.15, -0.1) is 0 Å². The Bertz CT molecular complexity index is 222. The van der Waals surface area contributed by atoms with Gasteiger partial charge in [-0.25, -0.2) is 4.90 Å². The molecule has 0 atom stereocenters. The van der Waals surface area contributed by atoms with Gasteiger partial charge in [-0.1, -0.05) is 0 Å². The lowest BCUT2D eigenvalue weighted by Crippen LogP contribution is -2.27. The molecule has 0 saturated carbocycles. The van der Waals surface area contributed by atoms with E-state index in [9.17, 15) is 0 Å². The molecule has 0 amide bonds. The van der Waals surface area contributed by atoms with Gasteiger partial charge in [0.25, 0.3) is 0 Å². The summed E-state index contributed by atoms with van der Waals surface area (Å²) in [6, 6.07) is 0. The monoisotopic (exact) mass is 261 g/mol. The average Bonchev–Trinajstić information content (AvgIpc) is 2.88. The van der Waals surface area contributed by atoms with E-state index in [1.807, 2.05) is 0 Å². The van der Waals surface area contributed by atoms with E-state index < -0.39 is 14.5 Å². The quantitative estimate of drug-likeness (QED) is 0.697. The second-order valence-electron chi connectivity index (χ2n) is 5.53. The molecule has 2 fully saturated rings. The SMILES string of the molecule is CC[P+]1(CC)CCN2CC[P+](CC)(CC)C21. The van der Waals surface area contributed by atoms with Crippen LogP contribution in [0.3, 0.4) is 0 Å². The van der Waals surface area contributed by atoms with E-state index in [4.69, 9.17) is 0 Å². The van der Waals surface area contributed by atoms with Crippen molar-refractivity contribution in [3.8, 4) is 0 Å². The van der Waals surface area contributed by atoms with Crippen LogP contribution in [-0.2, 0) is 0 Å². The van der Waals surface area contributed by atoms with Crippen LogP contribution in [0.15, 0.2) is 0 Å². The Balaban J connectivity index is 2.33. The maximum absolute atomic E-state index is 2.92. The van der Waals surface area contributed by atoms with Crippen LogP contribution in [-0.4, -0.2) is 60.5 Å². The minimum Gasteiger partial charge on any atom is -0.230 e. The third-order valence-corrected chi connectivity index (χ3v) is 18.3. The minimum atomic E-state index is -0.592. The highest BCUT2D eigenvalue weighted by molar-refractivity contribution is 7.93. The predicted molar refractivity (Wildman–Crippen MR) is 81.1 cm³/mol. The Morgan fingerprint density at radius 1 is 0.812 bits per heavy atom. The Morgan fingerprint density at radius 3 is 1.50 bits per heavy atom. The summed E-state index contributed by atoms with van der Waals surface area (Å²) in [6.07, 6.45) is 9.26. The van der Waals surface area contributed by atoms with Crippen LogP contribution in [0.2, 0.25) is 0 Å². The van der Waals surface area contributed by atoms with Crippen molar-refractivity contribution in [2.75, 3.05) is 50.1 Å². The maximum atomic E-state index is 2.92. The molecule has 0 bridgehead atoms. The molecule has 0 aromatic heterocycles. The molecule has 0 aliphatic carbocycles. The van der Waals surface area contributed by atoms with Crippen molar-refractivity contribution in [2.45, 2.75) is 33.2 Å². The van der Waals surface area contributed by atoms with E-state index in [0.29, 0.717) is 0 Å². The second-order valence-corrected chi connectivity index (χ2v) is 15.2. The molecular formula is C13H29NP2+2. The van der Waals surface area contributed by atoms with Crippen molar-refractivity contribution in [3.63, 3.8) is 0 Å². The molecule has 16 heavy (non-hydrogen) atoms. The normalized spacial score (nSPS) is 28.5. The summed E-state index contributed by atoms with van der Waals surface area (Å²) < 4.78 is 0. The molecule has 0 radical (unpaired) electrons. The zero-order valence-electron chi connectivity index (χ0n) is 11.6. The number of hydrogen-bond donors (Lipinski definition) is 0. The van der Waals surface area contributed by atoms with E-state index in [-0.39, 0.29) is 0 Å². The summed E-state index contributed by atoms with van der Waals surface area (Å²) >= 11 is 0. The van der Waals surface area contributed by atoms with Crippen LogP contribution in [0, 0.1) is 0 Å². The third kappa shape index (κ3) is 1.70. The van der Waals surface area contributed by atoms with Crippen molar-refractivity contribution in [1.82, 2.24) is 4.90 Å². The third-order valence-electron chi connectivity index (χ3n) is 5.49. The molecular weight excluding hydrogens is 232 g/mol. The van der Waals surface area contributed by atoms with Crippen LogP contribution < -0.4 is 0 Å². The lowest BCUT2D eigenvalue weighted by molar-refractivity contribution is 0.374. The summed E-state index contributed by atoms with van der Waals surface area (Å²) in [7, 11) is -1.18. The van der Waals surface area contributed by atoms with Crippen molar-refractivity contribution >= 4 is 14.5 Å². The van der Waals surface area contributed by atoms with E-state index in [1.54, 1.807) is 12.3 Å². The van der Waals surface area contributed by atoms with Crippen LogP contribution in [0.4, 0.5) is 0 Å². The van der Waals surface area contributed by atoms with E-state index in [1.165, 1.54) is 37.7 Å². The van der Waals surface area contributed by atoms with Crippen LogP contribution in [0.1, 0.15) is 27.7 Å². The van der Waals surface area contributed by atoms with Crippen molar-refractivity contribution < 1.29 is 0 Å². The summed E-state index contributed by atoms with van der Waals surface area (Å²) in [6.45, 7) is 12.8. The van der Waals surface area contributed by atoms with Gasteiger partial charge in [0.1, 0.15) is 0 Å². The van der Waals surface area contributed by atoms with Crippen LogP contribution >= 0.6 is 14.5 Å². The topological polar surface area (TPSA) is 3.24 Å². The van der Waals surface area contributed by atoms with Gasteiger partial charge < -0.3 is 0 Å². The van der Waals surface area contributed by atoms with Gasteiger partial charge in [0, 0.05) is 13.1 Å². The van der Waals surface area contributed by atoms with Crippen molar-refractivity contribution in [1.29, 1.82) is 0 Å². The summed E-state index contributed by atoms with van der Waals surface area (Å²) in [5.74, 6) is 0. The lowest BCUT2D eigenvalue weighted by atomic mass is 10.6. The highest BCUT2D eigenvalue weighted by Gasteiger charge is 2.67. The first-order chi connectivity index (χ1) is 7.68. The van der Waals surface area contributed by atoms with Gasteiger partial charge in [0.15, 0.2) is 0 Å². The second kappa shape index (κ2) is 4.83. The molecule has 2 heterocycles. The Hall–Kier alpha value is 0.820. The molecule has 2 rings (SSSR count). The molecule has 3 heteroatoms. The zero-order valence-corrected chi connectivity index (χ0v) is 13.4. The van der Waals surface area contributed by atoms with Crippen LogP contribution in [0.5, 0.6) is 0 Å². The van der Waals surface area contributed by atoms with Crippen LogP contribution in [0.25, 0.3) is 0 Å². The maximum Gasteiger partial charge on any atom is 0.222 e. The predicted octanol–water partition coefficient (Wildman–Crippen LogP) is 3.71. The highest BCUT2D eigenvalue weighted by atomic mass is 31.2. The van der Waals surface area contributed by atoms with E-state index in [2.05, 4.69) is 32.6 Å². The van der Waals surface area contributed by atoms with Gasteiger partial charge >= 0.3 is 0 Å². The zero-order chi connectivity index (χ0) is 11.8. The molecule has 2 aliphatic rings. The fourth-order valence-corrected chi connectivity index (χ4v) is 18.1. The summed E-state index contributed by atoms with van der Waals surface area (Å²) in [5, 5.41) is 0. The molecule has 0 spiro atoms. The number of hydrogen-bond acceptors (Lipinski definition) is 1. The first kappa shape index (κ1) is 13.3. The lowest BCUT2D eigenvalue weighted by Gasteiger charge is -2.33. The number of fused-ring (bicyclic) bond motifs is 1. The van der Waals surface area contributed by atoms with Crippen molar-refractivity contribution in [3.05, 3.63) is 0 Å². The largest absolute Gasteiger partial charge is 0.230 e. The molecule has 94 valence electrons. The molecule has 0 aromatic carbocycles. The van der Waals surface area contributed by atoms with Gasteiger partial charge in [-0.05, 0) is 27.7 Å². The van der Waals surface area contributed by atoms with Gasteiger partial charge in [0.2, 0.25) is 5.52 Å². The number of nitrogens with zero attached hydrogens (tertiary/aromatic N) is 1. The molecule has 0 aromatic rings. The van der Waals surface area contributed by atoms with Gasteiger partial charge in [-0.3, -0.25) is 0 Å². The fourth-order valence-electron chi connectivity index (χ4n) is 4.17. The molecule has 1 nitrogen and oxygen atoms in total. The summed E-state index contributed by atoms with van der Waals surface area (Å²) in [4.78, 5) is 2.92. The van der Waals surface area contributed by atoms with Gasteiger partial charge in [0.05, 0.1) is 51.5 Å². The molecule has 0 N–H and O–H groups in total. The Labute approximate surface area is 103 Å². The summed E-state index contributed by atoms with van der Waals surface area (Å²) in [5.41, 5.74) is 1.12. The highest BCUT2D eigenvalue weighted by Crippen LogP contribution is 2.84. The average molecular weight is 261 g/mol. The van der Waals surface area contributed by atoms with Gasteiger partial charge in [-0.2, -0.15) is 0 Å². The first-order valence-corrected chi connectivity index (χ1v) is 12.0. The van der Waals surface area contributed by atoms with E-state index >= 15 is 0 Å². The number of rotatable bonds is 4. The smallest absolute Gasteiger partial charge is 0.222 e. The first-order valence-electron chi connectivity index (χ1n) is 7.13. The minimum absolute atomic E-state index is 0.592.